The van der Waals surface area contributed by atoms with Gasteiger partial charge in [-0.05, 0) is 35.6 Å². The molecule has 1 aliphatic rings. The maximum Gasteiger partial charge on any atom is 0.405 e. The van der Waals surface area contributed by atoms with Gasteiger partial charge in [0.05, 0.1) is 0 Å². The van der Waals surface area contributed by atoms with E-state index in [1.165, 1.54) is 4.90 Å². The van der Waals surface area contributed by atoms with Gasteiger partial charge in [-0.3, -0.25) is 24.9 Å². The summed E-state index contributed by atoms with van der Waals surface area (Å²) < 4.78 is 0. The highest BCUT2D eigenvalue weighted by molar-refractivity contribution is 6.10. The zero-order valence-electron chi connectivity index (χ0n) is 20.8. The molecule has 1 saturated heterocycles. The molecule has 38 heavy (non-hydrogen) atoms. The minimum atomic E-state index is -1.28. The van der Waals surface area contributed by atoms with Crippen molar-refractivity contribution >= 4 is 23.9 Å². The third-order valence-electron chi connectivity index (χ3n) is 6.44. The van der Waals surface area contributed by atoms with E-state index in [4.69, 9.17) is 10.5 Å². The predicted molar refractivity (Wildman–Crippen MR) is 141 cm³/mol. The summed E-state index contributed by atoms with van der Waals surface area (Å²) in [5.74, 6) is -0.643. The standard InChI is InChI=1S/C28H30N6O4/c29-26-33-28(21-11-3-1-4-12-21,22-13-5-2-6-14-22)25(36)34(26)17-8-7-16-31-24(35)23(32-27(37)38)18-20-10-9-15-30-19-20/h1-6,9-15,19,23,32H,7-8,16-18H2,(H2,29,33)(H,31,35)(H,37,38)/t23-/m0/s1. The van der Waals surface area contributed by atoms with E-state index in [1.807, 2.05) is 60.7 Å². The number of guanidine groups is 1. The van der Waals surface area contributed by atoms with Crippen molar-refractivity contribution in [1.82, 2.24) is 25.8 Å². The maximum absolute atomic E-state index is 13.8. The van der Waals surface area contributed by atoms with E-state index in [0.29, 0.717) is 25.9 Å². The van der Waals surface area contributed by atoms with E-state index in [0.717, 1.165) is 16.7 Å². The number of hydrogen-bond acceptors (Lipinski definition) is 5. The molecule has 1 fully saturated rings. The lowest BCUT2D eigenvalue weighted by molar-refractivity contribution is -0.130. The summed E-state index contributed by atoms with van der Waals surface area (Å²) in [6, 6.07) is 21.3. The first-order valence-electron chi connectivity index (χ1n) is 12.4. The number of amides is 3. The fourth-order valence-corrected chi connectivity index (χ4v) is 4.59. The van der Waals surface area contributed by atoms with E-state index in [-0.39, 0.29) is 18.3 Å². The van der Waals surface area contributed by atoms with Gasteiger partial charge in [0, 0.05) is 31.9 Å². The molecule has 3 aromatic rings. The van der Waals surface area contributed by atoms with E-state index >= 15 is 0 Å². The van der Waals surface area contributed by atoms with Gasteiger partial charge < -0.3 is 21.1 Å². The van der Waals surface area contributed by atoms with Gasteiger partial charge in [0.2, 0.25) is 5.91 Å². The number of carbonyl (C=O) groups is 3. The number of benzene rings is 2. The van der Waals surface area contributed by atoms with Crippen LogP contribution in [0.3, 0.4) is 0 Å². The van der Waals surface area contributed by atoms with Crippen LogP contribution in [0.25, 0.3) is 0 Å². The van der Waals surface area contributed by atoms with Crippen molar-refractivity contribution in [1.29, 1.82) is 5.41 Å². The molecular weight excluding hydrogens is 484 g/mol. The fraction of sp³-hybridized carbons (Fsp3) is 0.250. The summed E-state index contributed by atoms with van der Waals surface area (Å²) in [6.45, 7) is 0.601. The van der Waals surface area contributed by atoms with Gasteiger partial charge in [-0.25, -0.2) is 4.79 Å². The van der Waals surface area contributed by atoms with Gasteiger partial charge in [-0.1, -0.05) is 66.7 Å². The van der Waals surface area contributed by atoms with Crippen LogP contribution < -0.4 is 16.0 Å². The minimum absolute atomic E-state index is 0.0222. The lowest BCUT2D eigenvalue weighted by Crippen LogP contribution is -2.47. The molecule has 0 saturated carbocycles. The number of carbonyl (C=O) groups excluding carboxylic acids is 2. The fourth-order valence-electron chi connectivity index (χ4n) is 4.59. The number of nitrogens with zero attached hydrogens (tertiary/aromatic N) is 2. The Kier molecular flexibility index (Phi) is 8.32. The average molecular weight is 515 g/mol. The lowest BCUT2D eigenvalue weighted by Gasteiger charge is -2.28. The number of nitrogens with one attached hydrogen (secondary N) is 4. The molecule has 2 aromatic carbocycles. The van der Waals surface area contributed by atoms with Crippen LogP contribution in [0.5, 0.6) is 0 Å². The molecular formula is C28H30N6O4. The van der Waals surface area contributed by atoms with E-state index in [9.17, 15) is 14.4 Å². The molecule has 1 atom stereocenters. The van der Waals surface area contributed by atoms with Gasteiger partial charge in [-0.2, -0.15) is 0 Å². The molecule has 4 rings (SSSR count). The van der Waals surface area contributed by atoms with Crippen LogP contribution >= 0.6 is 0 Å². The Morgan fingerprint density at radius 2 is 1.66 bits per heavy atom. The van der Waals surface area contributed by atoms with Crippen LogP contribution in [-0.2, 0) is 21.5 Å². The maximum atomic E-state index is 13.8. The monoisotopic (exact) mass is 514 g/mol. The summed E-state index contributed by atoms with van der Waals surface area (Å²) in [6.07, 6.45) is 3.16. The smallest absolute Gasteiger partial charge is 0.405 e. The van der Waals surface area contributed by atoms with E-state index < -0.39 is 23.6 Å². The van der Waals surface area contributed by atoms with Gasteiger partial charge in [0.25, 0.3) is 5.91 Å². The largest absolute Gasteiger partial charge is 0.465 e. The third kappa shape index (κ3) is 5.80. The number of carboxylic acid groups (broad SMARTS) is 1. The van der Waals surface area contributed by atoms with Crippen LogP contribution in [0.2, 0.25) is 0 Å². The van der Waals surface area contributed by atoms with Gasteiger partial charge >= 0.3 is 6.09 Å². The first kappa shape index (κ1) is 26.3. The molecule has 0 aliphatic carbocycles. The third-order valence-corrected chi connectivity index (χ3v) is 6.44. The molecule has 0 radical (unpaired) electrons. The van der Waals surface area contributed by atoms with Crippen LogP contribution in [0.1, 0.15) is 29.5 Å². The lowest BCUT2D eigenvalue weighted by atomic mass is 9.82. The summed E-state index contributed by atoms with van der Waals surface area (Å²) in [5, 5.41) is 25.8. The summed E-state index contributed by atoms with van der Waals surface area (Å²) in [4.78, 5) is 43.0. The molecule has 3 amide bonds. The number of pyridine rings is 1. The van der Waals surface area contributed by atoms with Crippen LogP contribution in [0, 0.1) is 5.41 Å². The molecule has 1 aromatic heterocycles. The Labute approximate surface area is 220 Å². The highest BCUT2D eigenvalue weighted by Gasteiger charge is 2.51. The molecule has 5 N–H and O–H groups in total. The normalized spacial score (nSPS) is 15.0. The van der Waals surface area contributed by atoms with Crippen molar-refractivity contribution in [2.75, 3.05) is 13.1 Å². The van der Waals surface area contributed by atoms with Gasteiger partial charge in [-0.15, -0.1) is 0 Å². The number of aromatic nitrogens is 1. The number of unbranched alkanes of at least 4 members (excludes halogenated alkanes) is 1. The highest BCUT2D eigenvalue weighted by atomic mass is 16.4. The Bertz CT molecular complexity index is 1230. The quantitative estimate of drug-likeness (QED) is 0.248. The Hall–Kier alpha value is -4.73. The van der Waals surface area contributed by atoms with E-state index in [1.54, 1.807) is 24.5 Å². The van der Waals surface area contributed by atoms with Crippen molar-refractivity contribution in [3.05, 3.63) is 102 Å². The first-order chi connectivity index (χ1) is 18.4. The topological polar surface area (TPSA) is 148 Å². The number of rotatable bonds is 11. The first-order valence-corrected chi connectivity index (χ1v) is 12.4. The number of hydrogen-bond donors (Lipinski definition) is 5. The molecule has 0 unspecified atom stereocenters. The molecule has 10 nitrogen and oxygen atoms in total. The van der Waals surface area contributed by atoms with Crippen LogP contribution in [0.15, 0.2) is 85.2 Å². The average Bonchev–Trinajstić information content (AvgIpc) is 3.19. The molecule has 0 spiro atoms. The summed E-state index contributed by atoms with van der Waals surface area (Å²) >= 11 is 0. The SMILES string of the molecule is N=C1NC(c2ccccc2)(c2ccccc2)C(=O)N1CCCCNC(=O)[C@H](Cc1cccnc1)NC(=O)O. The molecule has 1 aliphatic heterocycles. The zero-order chi connectivity index (χ0) is 27.0. The molecule has 10 heteroatoms. The van der Waals surface area contributed by atoms with Crippen molar-refractivity contribution < 1.29 is 19.5 Å². The van der Waals surface area contributed by atoms with Gasteiger partial charge in [0.15, 0.2) is 11.5 Å². The Morgan fingerprint density at radius 3 is 2.24 bits per heavy atom. The van der Waals surface area contributed by atoms with Crippen molar-refractivity contribution in [3.8, 4) is 0 Å². The van der Waals surface area contributed by atoms with Crippen molar-refractivity contribution in [3.63, 3.8) is 0 Å². The molecule has 0 bridgehead atoms. The highest BCUT2D eigenvalue weighted by Crippen LogP contribution is 2.35. The van der Waals surface area contributed by atoms with Crippen molar-refractivity contribution in [2.45, 2.75) is 30.8 Å². The predicted octanol–water partition coefficient (Wildman–Crippen LogP) is 2.47. The molecule has 2 heterocycles. The van der Waals surface area contributed by atoms with Crippen molar-refractivity contribution in [2.24, 2.45) is 0 Å². The Morgan fingerprint density at radius 1 is 1.00 bits per heavy atom. The Balaban J connectivity index is 1.35. The minimum Gasteiger partial charge on any atom is -0.465 e. The van der Waals surface area contributed by atoms with E-state index in [2.05, 4.69) is 20.9 Å². The van der Waals surface area contributed by atoms with Crippen LogP contribution in [0.4, 0.5) is 4.79 Å². The summed E-state index contributed by atoms with van der Waals surface area (Å²) in [7, 11) is 0. The van der Waals surface area contributed by atoms with Gasteiger partial charge in [0.1, 0.15) is 6.04 Å². The molecule has 196 valence electrons. The second kappa shape index (κ2) is 12.0. The second-order valence-electron chi connectivity index (χ2n) is 8.98. The van der Waals surface area contributed by atoms with Crippen LogP contribution in [-0.4, -0.2) is 58.0 Å². The summed E-state index contributed by atoms with van der Waals surface area (Å²) in [5.41, 5.74) is 1.05. The second-order valence-corrected chi connectivity index (χ2v) is 8.98. The zero-order valence-corrected chi connectivity index (χ0v) is 20.8.